The number of benzene rings is 2. The van der Waals surface area contributed by atoms with Crippen LogP contribution in [0.3, 0.4) is 0 Å². The van der Waals surface area contributed by atoms with Gasteiger partial charge in [0.2, 0.25) is 0 Å². The number of aromatic nitrogens is 2. The lowest BCUT2D eigenvalue weighted by atomic mass is 10.1. The van der Waals surface area contributed by atoms with E-state index in [1.165, 1.54) is 57.4 Å². The smallest absolute Gasteiger partial charge is 0.127 e. The van der Waals surface area contributed by atoms with Crippen LogP contribution in [-0.2, 0) is 6.54 Å². The standard InChI is InChI=1S/C27H32Cl4N2O/c1-2-3-4-5-6-7-8-9-10-11-14-33-25(27-23(31)16-20(29)17-26(27)34)18-24(32-33)21-13-12-19(28)15-22(21)30/h12-13,15-18,34H,2-11,14H2,1H3. The van der Waals surface area contributed by atoms with Crippen LogP contribution in [0.2, 0.25) is 20.1 Å². The Hall–Kier alpha value is -1.39. The van der Waals surface area contributed by atoms with Crippen LogP contribution in [0.5, 0.6) is 5.75 Å². The molecule has 1 aromatic heterocycles. The Morgan fingerprint density at radius 1 is 0.735 bits per heavy atom. The van der Waals surface area contributed by atoms with Gasteiger partial charge in [0.15, 0.2) is 0 Å². The van der Waals surface area contributed by atoms with Gasteiger partial charge in [0, 0.05) is 22.2 Å². The van der Waals surface area contributed by atoms with E-state index in [-0.39, 0.29) is 5.75 Å². The van der Waals surface area contributed by atoms with Crippen molar-refractivity contribution in [2.45, 2.75) is 77.7 Å². The molecule has 0 spiro atoms. The van der Waals surface area contributed by atoms with Gasteiger partial charge in [0.05, 0.1) is 27.0 Å². The fraction of sp³-hybridized carbons (Fsp3) is 0.444. The molecule has 0 bridgehead atoms. The molecule has 1 N–H and O–H groups in total. The third-order valence-electron chi connectivity index (χ3n) is 6.00. The largest absolute Gasteiger partial charge is 0.507 e. The van der Waals surface area contributed by atoms with Crippen LogP contribution in [-0.4, -0.2) is 14.9 Å². The lowest BCUT2D eigenvalue weighted by Crippen LogP contribution is -2.03. The van der Waals surface area contributed by atoms with Crippen LogP contribution < -0.4 is 0 Å². The number of nitrogens with zero attached hydrogens (tertiary/aromatic N) is 2. The van der Waals surface area contributed by atoms with Gasteiger partial charge in [-0.1, -0.05) is 111 Å². The Bertz CT molecular complexity index is 1060. The number of hydrogen-bond acceptors (Lipinski definition) is 2. The number of hydrogen-bond donors (Lipinski definition) is 1. The van der Waals surface area contributed by atoms with Crippen molar-refractivity contribution in [3.8, 4) is 28.3 Å². The summed E-state index contributed by atoms with van der Waals surface area (Å²) in [6, 6.07) is 10.4. The van der Waals surface area contributed by atoms with E-state index in [0.717, 1.165) is 30.6 Å². The molecule has 184 valence electrons. The number of phenolic OH excluding ortho intramolecular Hbond substituents is 1. The minimum absolute atomic E-state index is 0.0236. The monoisotopic (exact) mass is 540 g/mol. The van der Waals surface area contributed by atoms with Gasteiger partial charge in [-0.3, -0.25) is 4.68 Å². The minimum Gasteiger partial charge on any atom is -0.507 e. The van der Waals surface area contributed by atoms with Gasteiger partial charge in [0.25, 0.3) is 0 Å². The van der Waals surface area contributed by atoms with Crippen LogP contribution in [0.4, 0.5) is 0 Å². The van der Waals surface area contributed by atoms with E-state index in [1.54, 1.807) is 18.2 Å². The molecule has 0 unspecified atom stereocenters. The summed E-state index contributed by atoms with van der Waals surface area (Å²) in [5, 5.41) is 17.3. The number of aryl methyl sites for hydroxylation is 1. The van der Waals surface area contributed by atoms with E-state index in [4.69, 9.17) is 51.5 Å². The van der Waals surface area contributed by atoms with E-state index in [2.05, 4.69) is 6.92 Å². The molecule has 0 atom stereocenters. The van der Waals surface area contributed by atoms with Crippen molar-refractivity contribution >= 4 is 46.4 Å². The molecular weight excluding hydrogens is 510 g/mol. The normalized spacial score (nSPS) is 11.3. The van der Waals surface area contributed by atoms with Crippen LogP contribution in [0.15, 0.2) is 36.4 Å². The molecule has 0 saturated carbocycles. The molecule has 0 radical (unpaired) electrons. The Morgan fingerprint density at radius 3 is 1.97 bits per heavy atom. The molecule has 1 heterocycles. The molecule has 3 rings (SSSR count). The predicted octanol–water partition coefficient (Wildman–Crippen LogP) is 10.5. The van der Waals surface area contributed by atoms with Crippen LogP contribution in [0.1, 0.15) is 71.1 Å². The summed E-state index contributed by atoms with van der Waals surface area (Å²) in [6.45, 7) is 2.97. The van der Waals surface area contributed by atoms with Crippen LogP contribution in [0, 0.1) is 0 Å². The van der Waals surface area contributed by atoms with E-state index in [9.17, 15) is 5.11 Å². The summed E-state index contributed by atoms with van der Waals surface area (Å²) in [6.07, 6.45) is 12.6. The average molecular weight is 542 g/mol. The van der Waals surface area contributed by atoms with E-state index in [0.29, 0.717) is 31.3 Å². The maximum Gasteiger partial charge on any atom is 0.127 e. The molecule has 0 amide bonds. The fourth-order valence-corrected chi connectivity index (χ4v) is 5.26. The third kappa shape index (κ3) is 7.55. The van der Waals surface area contributed by atoms with Crippen molar-refractivity contribution in [1.82, 2.24) is 9.78 Å². The second-order valence-electron chi connectivity index (χ2n) is 8.73. The van der Waals surface area contributed by atoms with E-state index in [1.807, 2.05) is 16.8 Å². The van der Waals surface area contributed by atoms with Crippen molar-refractivity contribution in [1.29, 1.82) is 0 Å². The first kappa shape index (κ1) is 27.2. The quantitative estimate of drug-likeness (QED) is 0.218. The van der Waals surface area contributed by atoms with Crippen LogP contribution >= 0.6 is 46.4 Å². The molecule has 0 aliphatic heterocycles. The van der Waals surface area contributed by atoms with Gasteiger partial charge in [-0.25, -0.2) is 0 Å². The Labute approximate surface area is 223 Å². The molecule has 3 nitrogen and oxygen atoms in total. The summed E-state index contributed by atoms with van der Waals surface area (Å²) in [4.78, 5) is 0. The van der Waals surface area contributed by atoms with E-state index < -0.39 is 0 Å². The van der Waals surface area contributed by atoms with Gasteiger partial charge >= 0.3 is 0 Å². The molecule has 2 aromatic carbocycles. The highest BCUT2D eigenvalue weighted by molar-refractivity contribution is 6.37. The average Bonchev–Trinajstić information content (AvgIpc) is 3.17. The van der Waals surface area contributed by atoms with Crippen molar-refractivity contribution in [3.63, 3.8) is 0 Å². The Balaban J connectivity index is 1.72. The summed E-state index contributed by atoms with van der Waals surface area (Å²) in [5.41, 5.74) is 2.73. The van der Waals surface area contributed by atoms with Crippen molar-refractivity contribution in [2.24, 2.45) is 0 Å². The Morgan fingerprint density at radius 2 is 1.35 bits per heavy atom. The molecular formula is C27H32Cl4N2O. The molecule has 0 aliphatic carbocycles. The lowest BCUT2D eigenvalue weighted by Gasteiger charge is -2.11. The second kappa shape index (κ2) is 13.6. The second-order valence-corrected chi connectivity index (χ2v) is 10.4. The van der Waals surface area contributed by atoms with Gasteiger partial charge in [0.1, 0.15) is 5.75 Å². The first-order valence-electron chi connectivity index (χ1n) is 12.1. The fourth-order valence-electron chi connectivity index (χ4n) is 4.18. The third-order valence-corrected chi connectivity index (χ3v) is 7.06. The highest BCUT2D eigenvalue weighted by Gasteiger charge is 2.19. The molecule has 7 heteroatoms. The maximum atomic E-state index is 10.6. The predicted molar refractivity (Wildman–Crippen MR) is 147 cm³/mol. The molecule has 0 aliphatic rings. The Kier molecular flexibility index (Phi) is 10.9. The number of unbranched alkanes of at least 4 members (excludes halogenated alkanes) is 9. The summed E-state index contributed by atoms with van der Waals surface area (Å²) < 4.78 is 1.90. The van der Waals surface area contributed by atoms with Gasteiger partial charge < -0.3 is 5.11 Å². The van der Waals surface area contributed by atoms with Crippen molar-refractivity contribution < 1.29 is 5.11 Å². The van der Waals surface area contributed by atoms with Crippen molar-refractivity contribution in [2.75, 3.05) is 0 Å². The van der Waals surface area contributed by atoms with Crippen molar-refractivity contribution in [3.05, 3.63) is 56.5 Å². The first-order valence-corrected chi connectivity index (χ1v) is 13.6. The number of phenols is 1. The van der Waals surface area contributed by atoms with Gasteiger partial charge in [-0.15, -0.1) is 0 Å². The SMILES string of the molecule is CCCCCCCCCCCCn1nc(-c2ccc(Cl)cc2Cl)cc1-c1c(O)cc(Cl)cc1Cl. The molecule has 0 fully saturated rings. The van der Waals surface area contributed by atoms with Gasteiger partial charge in [-0.2, -0.15) is 5.10 Å². The molecule has 34 heavy (non-hydrogen) atoms. The lowest BCUT2D eigenvalue weighted by molar-refractivity contribution is 0.475. The van der Waals surface area contributed by atoms with Gasteiger partial charge in [-0.05, 0) is 42.8 Å². The highest BCUT2D eigenvalue weighted by Crippen LogP contribution is 2.41. The summed E-state index contributed by atoms with van der Waals surface area (Å²) >= 11 is 25.1. The first-order chi connectivity index (χ1) is 16.4. The number of halogens is 4. The maximum absolute atomic E-state index is 10.6. The number of aromatic hydroxyl groups is 1. The zero-order chi connectivity index (χ0) is 24.5. The highest BCUT2D eigenvalue weighted by atomic mass is 35.5. The topological polar surface area (TPSA) is 38.0 Å². The number of rotatable bonds is 13. The van der Waals surface area contributed by atoms with E-state index >= 15 is 0 Å². The summed E-state index contributed by atoms with van der Waals surface area (Å²) in [7, 11) is 0. The van der Waals surface area contributed by atoms with Crippen LogP contribution in [0.25, 0.3) is 22.5 Å². The summed E-state index contributed by atoms with van der Waals surface area (Å²) in [5.74, 6) is 0.0236. The molecule has 3 aromatic rings. The minimum atomic E-state index is 0.0236. The molecule has 0 saturated heterocycles. The zero-order valence-corrected chi connectivity index (χ0v) is 22.6. The zero-order valence-electron chi connectivity index (χ0n) is 19.6.